The minimum absolute atomic E-state index is 0.157. The molecule has 4 aromatic heterocycles. The van der Waals surface area contributed by atoms with Crippen LogP contribution in [0, 0.1) is 0 Å². The van der Waals surface area contributed by atoms with Gasteiger partial charge in [0.1, 0.15) is 11.2 Å². The number of hydrogen-bond acceptors (Lipinski definition) is 4. The summed E-state index contributed by atoms with van der Waals surface area (Å²) < 4.78 is 11.0. The number of allylic oxidation sites excluding steroid dienone is 2. The van der Waals surface area contributed by atoms with E-state index >= 15 is 0 Å². The van der Waals surface area contributed by atoms with Gasteiger partial charge in [-0.25, -0.2) is 9.97 Å². The number of nitrogens with zero attached hydrogens (tertiary/aromatic N) is 5. The van der Waals surface area contributed by atoms with Gasteiger partial charge in [-0.15, -0.1) is 0 Å². The second-order valence-electron chi connectivity index (χ2n) is 13.8. The largest absolute Gasteiger partial charge is 0.456 e. The number of para-hydroxylation sites is 3. The van der Waals surface area contributed by atoms with Crippen molar-refractivity contribution in [2.45, 2.75) is 12.0 Å². The molecule has 0 N–H and O–H groups in total. The Balaban J connectivity index is 1.23. The van der Waals surface area contributed by atoms with Gasteiger partial charge in [-0.05, 0) is 60.7 Å². The lowest BCUT2D eigenvalue weighted by atomic mass is 9.90. The van der Waals surface area contributed by atoms with Crippen LogP contribution in [0.4, 0.5) is 11.4 Å². The summed E-state index contributed by atoms with van der Waals surface area (Å²) in [4.78, 5) is 12.3. The molecule has 52 heavy (non-hydrogen) atoms. The van der Waals surface area contributed by atoms with E-state index in [0.717, 1.165) is 49.7 Å². The van der Waals surface area contributed by atoms with Crippen LogP contribution in [-0.4, -0.2) is 25.1 Å². The molecule has 2 aliphatic rings. The Bertz CT molecular complexity index is 3150. The molecule has 244 valence electrons. The molecule has 0 amide bonds. The molecule has 2 atom stereocenters. The lowest BCUT2D eigenvalue weighted by molar-refractivity contribution is 0.669. The minimum atomic E-state index is 0.157. The number of hydrogen-bond donors (Lipinski definition) is 0. The smallest absolute Gasteiger partial charge is 0.234 e. The fourth-order valence-corrected chi connectivity index (χ4v) is 9.11. The SMILES string of the molecule is C1=CC2c3c(ccc4c5ccc6c(c7ccccc7n6-c6ccc7oc8ccccc8c7c6)c5n(-c5ncccn5)c34)N(c3ccccc3)C2C=C1. The first-order valence-electron chi connectivity index (χ1n) is 17.7. The molecule has 12 rings (SSSR count). The Morgan fingerprint density at radius 2 is 1.27 bits per heavy atom. The molecule has 1 aliphatic heterocycles. The zero-order chi connectivity index (χ0) is 33.9. The van der Waals surface area contributed by atoms with Gasteiger partial charge in [-0.3, -0.25) is 4.57 Å². The van der Waals surface area contributed by atoms with E-state index in [-0.39, 0.29) is 12.0 Å². The van der Waals surface area contributed by atoms with Crippen molar-refractivity contribution in [1.82, 2.24) is 19.1 Å². The molecule has 0 bridgehead atoms. The molecule has 10 aromatic rings. The number of anilines is 2. The molecule has 6 nitrogen and oxygen atoms in total. The van der Waals surface area contributed by atoms with Crippen molar-refractivity contribution in [1.29, 1.82) is 0 Å². The van der Waals surface area contributed by atoms with Gasteiger partial charge < -0.3 is 13.9 Å². The highest BCUT2D eigenvalue weighted by atomic mass is 16.3. The predicted octanol–water partition coefficient (Wildman–Crippen LogP) is 11.3. The van der Waals surface area contributed by atoms with Crippen molar-refractivity contribution >= 4 is 76.9 Å². The van der Waals surface area contributed by atoms with Crippen LogP contribution in [-0.2, 0) is 0 Å². The third-order valence-corrected chi connectivity index (χ3v) is 11.1. The molecule has 0 saturated carbocycles. The normalized spacial score (nSPS) is 16.7. The van der Waals surface area contributed by atoms with Gasteiger partial charge in [0.25, 0.3) is 0 Å². The van der Waals surface area contributed by atoms with Gasteiger partial charge >= 0.3 is 0 Å². The minimum Gasteiger partial charge on any atom is -0.456 e. The summed E-state index contributed by atoms with van der Waals surface area (Å²) in [5.74, 6) is 0.820. The van der Waals surface area contributed by atoms with Crippen molar-refractivity contribution in [3.05, 3.63) is 170 Å². The van der Waals surface area contributed by atoms with Gasteiger partial charge in [0.2, 0.25) is 5.95 Å². The first kappa shape index (κ1) is 27.9. The molecule has 0 spiro atoms. The third kappa shape index (κ3) is 3.62. The molecular weight excluding hydrogens is 639 g/mol. The monoisotopic (exact) mass is 667 g/mol. The molecule has 0 radical (unpaired) electrons. The Labute approximate surface area is 297 Å². The Morgan fingerprint density at radius 1 is 0.519 bits per heavy atom. The maximum Gasteiger partial charge on any atom is 0.234 e. The number of aromatic nitrogens is 4. The van der Waals surface area contributed by atoms with Crippen LogP contribution in [0.5, 0.6) is 0 Å². The van der Waals surface area contributed by atoms with Crippen molar-refractivity contribution in [3.8, 4) is 11.6 Å². The molecule has 6 aromatic carbocycles. The number of fused-ring (bicyclic) bond motifs is 14. The van der Waals surface area contributed by atoms with Crippen molar-refractivity contribution in [3.63, 3.8) is 0 Å². The van der Waals surface area contributed by atoms with E-state index in [2.05, 4.69) is 148 Å². The van der Waals surface area contributed by atoms with E-state index in [9.17, 15) is 0 Å². The van der Waals surface area contributed by atoms with Crippen LogP contribution in [0.1, 0.15) is 11.5 Å². The Hall–Kier alpha value is -6.92. The highest BCUT2D eigenvalue weighted by Gasteiger charge is 2.40. The summed E-state index contributed by atoms with van der Waals surface area (Å²) in [7, 11) is 0. The van der Waals surface area contributed by atoms with Crippen LogP contribution >= 0.6 is 0 Å². The molecule has 5 heterocycles. The molecular formula is C46H29N5O. The molecule has 2 unspecified atom stereocenters. The second-order valence-corrected chi connectivity index (χ2v) is 13.8. The predicted molar refractivity (Wildman–Crippen MR) is 211 cm³/mol. The summed E-state index contributed by atoms with van der Waals surface area (Å²) in [5.41, 5.74) is 11.1. The average molecular weight is 668 g/mol. The van der Waals surface area contributed by atoms with Gasteiger partial charge in [0.15, 0.2) is 0 Å². The molecule has 0 fully saturated rings. The van der Waals surface area contributed by atoms with Gasteiger partial charge in [0.05, 0.1) is 28.1 Å². The van der Waals surface area contributed by atoms with E-state index in [1.807, 2.05) is 30.6 Å². The van der Waals surface area contributed by atoms with E-state index in [4.69, 9.17) is 14.4 Å². The van der Waals surface area contributed by atoms with Crippen LogP contribution < -0.4 is 4.90 Å². The average Bonchev–Trinajstić information content (AvgIpc) is 3.94. The Morgan fingerprint density at radius 3 is 2.17 bits per heavy atom. The number of benzene rings is 6. The van der Waals surface area contributed by atoms with Gasteiger partial charge in [-0.2, -0.15) is 0 Å². The van der Waals surface area contributed by atoms with Crippen LogP contribution in [0.25, 0.3) is 77.2 Å². The van der Waals surface area contributed by atoms with Crippen LogP contribution in [0.15, 0.2) is 169 Å². The maximum atomic E-state index is 6.23. The highest BCUT2D eigenvalue weighted by Crippen LogP contribution is 2.53. The summed E-state index contributed by atoms with van der Waals surface area (Å²) in [6, 6.07) is 45.6. The quantitative estimate of drug-likeness (QED) is 0.188. The zero-order valence-electron chi connectivity index (χ0n) is 27.9. The van der Waals surface area contributed by atoms with Gasteiger partial charge in [0, 0.05) is 73.3 Å². The standard InChI is InChI=1S/C46H29N5O/c1-2-11-28(12-3-1)49-36-16-7-4-14-33(36)42-38(49)22-20-31-32-21-23-39-43(45(32)51(44(31)42)46-47-25-10-26-48-46)34-15-5-8-17-37(34)50(39)29-19-24-41-35(27-29)30-13-6-9-18-40(30)52-41/h1-27,33,36H. The number of furan rings is 1. The summed E-state index contributed by atoms with van der Waals surface area (Å²) >= 11 is 0. The fraction of sp³-hybridized carbons (Fsp3) is 0.0435. The number of rotatable bonds is 3. The lowest BCUT2D eigenvalue weighted by Crippen LogP contribution is -2.28. The van der Waals surface area contributed by atoms with E-state index in [0.29, 0.717) is 5.95 Å². The van der Waals surface area contributed by atoms with E-state index in [1.54, 1.807) is 0 Å². The molecule has 0 saturated heterocycles. The second kappa shape index (κ2) is 10.3. The first-order valence-corrected chi connectivity index (χ1v) is 17.7. The van der Waals surface area contributed by atoms with Crippen LogP contribution in [0.2, 0.25) is 0 Å². The molecule has 1 aliphatic carbocycles. The maximum absolute atomic E-state index is 6.23. The van der Waals surface area contributed by atoms with Crippen molar-refractivity contribution < 1.29 is 4.42 Å². The Kier molecular flexibility index (Phi) is 5.52. The summed E-state index contributed by atoms with van der Waals surface area (Å²) in [6.07, 6.45) is 12.8. The first-order chi connectivity index (χ1) is 25.8. The van der Waals surface area contributed by atoms with Crippen molar-refractivity contribution in [2.75, 3.05) is 4.90 Å². The summed E-state index contributed by atoms with van der Waals surface area (Å²) in [6.45, 7) is 0. The highest BCUT2D eigenvalue weighted by molar-refractivity contribution is 6.27. The summed E-state index contributed by atoms with van der Waals surface area (Å²) in [5, 5.41) is 6.96. The lowest BCUT2D eigenvalue weighted by Gasteiger charge is -2.28. The van der Waals surface area contributed by atoms with Crippen LogP contribution in [0.3, 0.4) is 0 Å². The fourth-order valence-electron chi connectivity index (χ4n) is 9.11. The zero-order valence-corrected chi connectivity index (χ0v) is 27.9. The van der Waals surface area contributed by atoms with E-state index in [1.165, 1.54) is 38.5 Å². The van der Waals surface area contributed by atoms with Gasteiger partial charge in [-0.1, -0.05) is 91.0 Å². The third-order valence-electron chi connectivity index (χ3n) is 11.1. The molecule has 6 heteroatoms. The van der Waals surface area contributed by atoms with Crippen molar-refractivity contribution in [2.24, 2.45) is 0 Å². The van der Waals surface area contributed by atoms with E-state index < -0.39 is 0 Å². The topological polar surface area (TPSA) is 52.0 Å².